The van der Waals surface area contributed by atoms with Gasteiger partial charge >= 0.3 is 0 Å². The van der Waals surface area contributed by atoms with E-state index in [1.54, 1.807) is 30.1 Å². The van der Waals surface area contributed by atoms with Crippen molar-refractivity contribution in [3.63, 3.8) is 0 Å². The van der Waals surface area contributed by atoms with Crippen LogP contribution in [0.15, 0.2) is 24.3 Å². The molecule has 2 bridgehead atoms. The Hall–Kier alpha value is -1.85. The molecule has 0 unspecified atom stereocenters. The van der Waals surface area contributed by atoms with Crippen molar-refractivity contribution in [2.24, 2.45) is 0 Å². The molecule has 19 heavy (non-hydrogen) atoms. The number of carbonyl (C=O) groups is 1. The maximum atomic E-state index is 11.9. The first-order valence-electron chi connectivity index (χ1n) is 5.47. The minimum Gasteiger partial charge on any atom is -0.355 e. The van der Waals surface area contributed by atoms with E-state index < -0.39 is 0 Å². The summed E-state index contributed by atoms with van der Waals surface area (Å²) < 4.78 is 0. The van der Waals surface area contributed by atoms with Gasteiger partial charge in [-0.3, -0.25) is 9.69 Å². The molecule has 5 nitrogen and oxygen atoms in total. The topological polar surface area (TPSA) is 58.1 Å². The van der Waals surface area contributed by atoms with Gasteiger partial charge in [0.25, 0.3) is 5.91 Å². The van der Waals surface area contributed by atoms with Crippen molar-refractivity contribution in [1.82, 2.24) is 15.3 Å². The standard InChI is InChI=1S/C12H8Cl2N4O/c1-15-11(19)6-4-2-3-5-7(6)18-10-8(13)9(14)16-12(18)17-10/h2-5H,1H3,(H,15,19). The van der Waals surface area contributed by atoms with Crippen LogP contribution >= 0.6 is 23.2 Å². The first-order valence-corrected chi connectivity index (χ1v) is 6.23. The zero-order valence-corrected chi connectivity index (χ0v) is 11.3. The van der Waals surface area contributed by atoms with E-state index in [1.165, 1.54) is 0 Å². The predicted molar refractivity (Wildman–Crippen MR) is 73.7 cm³/mol. The summed E-state index contributed by atoms with van der Waals surface area (Å²) in [5.74, 6) is 0.752. The third kappa shape index (κ3) is 1.74. The largest absolute Gasteiger partial charge is 0.355 e. The smallest absolute Gasteiger partial charge is 0.253 e. The molecule has 0 fully saturated rings. The van der Waals surface area contributed by atoms with Crippen LogP contribution in [0.4, 0.5) is 17.5 Å². The SMILES string of the molecule is CNC(=O)c1ccccc1N1C2=NC1=C(Cl)C(Cl)=N2. The number of hydrogen-bond donors (Lipinski definition) is 1. The highest BCUT2D eigenvalue weighted by Crippen LogP contribution is 2.46. The maximum absolute atomic E-state index is 11.9. The Kier molecular flexibility index (Phi) is 2.80. The lowest BCUT2D eigenvalue weighted by Gasteiger charge is -2.32. The van der Waals surface area contributed by atoms with Crippen molar-refractivity contribution in [3.8, 4) is 0 Å². The summed E-state index contributed by atoms with van der Waals surface area (Å²) in [6.07, 6.45) is 0. The van der Waals surface area contributed by atoms with Crippen molar-refractivity contribution in [1.29, 1.82) is 0 Å². The summed E-state index contributed by atoms with van der Waals surface area (Å²) in [6.45, 7) is 0. The van der Waals surface area contributed by atoms with E-state index in [1.807, 2.05) is 6.07 Å². The molecule has 1 aliphatic rings. The van der Waals surface area contributed by atoms with E-state index in [0.29, 0.717) is 23.0 Å². The lowest BCUT2D eigenvalue weighted by molar-refractivity contribution is 0.0963. The lowest BCUT2D eigenvalue weighted by Crippen LogP contribution is -2.28. The normalized spacial score (nSPS) is 12.1. The number of rotatable bonds is 2. The maximum Gasteiger partial charge on any atom is 0.253 e. The van der Waals surface area contributed by atoms with Gasteiger partial charge in [0.1, 0.15) is 5.02 Å². The van der Waals surface area contributed by atoms with Gasteiger partial charge in [-0.1, -0.05) is 35.3 Å². The average Bonchev–Trinajstić information content (AvgIpc) is 2.40. The van der Waals surface area contributed by atoms with E-state index in [2.05, 4.69) is 15.3 Å². The molecule has 0 atom stereocenters. The van der Waals surface area contributed by atoms with Crippen molar-refractivity contribution >= 4 is 46.6 Å². The molecule has 0 radical (unpaired) electrons. The number of fused-ring (bicyclic) bond motifs is 2. The second-order valence-electron chi connectivity index (χ2n) is 3.88. The number of carbonyl (C=O) groups excluding carboxylic acids is 1. The number of para-hydroxylation sites is 1. The molecule has 0 saturated heterocycles. The van der Waals surface area contributed by atoms with Crippen LogP contribution in [0.5, 0.6) is 0 Å². The molecular weight excluding hydrogens is 287 g/mol. The Morgan fingerprint density at radius 3 is 2.68 bits per heavy atom. The number of hydrogen-bond acceptors (Lipinski definition) is 4. The molecule has 2 heterocycles. The van der Waals surface area contributed by atoms with Crippen LogP contribution in [-0.4, -0.2) is 22.9 Å². The van der Waals surface area contributed by atoms with Gasteiger partial charge in [-0.05, 0) is 12.1 Å². The van der Waals surface area contributed by atoms with Crippen molar-refractivity contribution < 1.29 is 4.79 Å². The number of halogens is 2. The Balaban J connectivity index is 2.10. The molecule has 1 aromatic carbocycles. The summed E-state index contributed by atoms with van der Waals surface area (Å²) in [7, 11) is 1.58. The van der Waals surface area contributed by atoms with Crippen molar-refractivity contribution in [2.75, 3.05) is 11.9 Å². The molecule has 3 rings (SSSR count). The number of nitrogens with zero attached hydrogens (tertiary/aromatic N) is 3. The van der Waals surface area contributed by atoms with Gasteiger partial charge < -0.3 is 5.32 Å². The van der Waals surface area contributed by atoms with Crippen LogP contribution in [0.2, 0.25) is 10.2 Å². The van der Waals surface area contributed by atoms with Gasteiger partial charge in [0.15, 0.2) is 11.0 Å². The summed E-state index contributed by atoms with van der Waals surface area (Å²) in [5.41, 5.74) is 1.19. The fraction of sp³-hybridized carbons (Fsp3) is 0.0833. The van der Waals surface area contributed by atoms with Gasteiger partial charge in [0.05, 0.1) is 11.3 Å². The van der Waals surface area contributed by atoms with Gasteiger partial charge in [0, 0.05) is 7.05 Å². The summed E-state index contributed by atoms with van der Waals surface area (Å²) in [4.78, 5) is 21.7. The molecule has 7 heteroatoms. The zero-order valence-electron chi connectivity index (χ0n) is 9.82. The fourth-order valence-corrected chi connectivity index (χ4v) is 2.24. The fourth-order valence-electron chi connectivity index (χ4n) is 1.91. The second-order valence-corrected chi connectivity index (χ2v) is 4.62. The van der Waals surface area contributed by atoms with Crippen molar-refractivity contribution in [3.05, 3.63) is 40.0 Å². The third-order valence-electron chi connectivity index (χ3n) is 2.81. The van der Waals surface area contributed by atoms with E-state index >= 15 is 0 Å². The van der Waals surface area contributed by atoms with Crippen LogP contribution in [0, 0.1) is 0 Å². The Morgan fingerprint density at radius 1 is 1.26 bits per heavy atom. The molecule has 96 valence electrons. The van der Waals surface area contributed by atoms with Crippen LogP contribution in [0.25, 0.3) is 0 Å². The highest BCUT2D eigenvalue weighted by Gasteiger charge is 2.33. The lowest BCUT2D eigenvalue weighted by atomic mass is 10.1. The molecule has 0 saturated carbocycles. The molecular formula is C12H8Cl2N4O. The average molecular weight is 295 g/mol. The number of benzene rings is 1. The van der Waals surface area contributed by atoms with Gasteiger partial charge in [-0.15, -0.1) is 0 Å². The number of aromatic nitrogens is 2. The van der Waals surface area contributed by atoms with Crippen LogP contribution in [0.3, 0.4) is 0 Å². The van der Waals surface area contributed by atoms with E-state index in [4.69, 9.17) is 23.2 Å². The highest BCUT2D eigenvalue weighted by atomic mass is 35.5. The van der Waals surface area contributed by atoms with E-state index in [0.717, 1.165) is 0 Å². The molecule has 1 amide bonds. The predicted octanol–water partition coefficient (Wildman–Crippen LogP) is 2.93. The first kappa shape index (κ1) is 12.2. The number of anilines is 3. The highest BCUT2D eigenvalue weighted by molar-refractivity contribution is 6.43. The summed E-state index contributed by atoms with van der Waals surface area (Å²) in [6, 6.07) is 7.15. The van der Waals surface area contributed by atoms with E-state index in [-0.39, 0.29) is 16.1 Å². The van der Waals surface area contributed by atoms with Crippen LogP contribution in [0.1, 0.15) is 10.4 Å². The van der Waals surface area contributed by atoms with Crippen LogP contribution < -0.4 is 10.2 Å². The third-order valence-corrected chi connectivity index (χ3v) is 3.53. The van der Waals surface area contributed by atoms with Crippen molar-refractivity contribution in [2.45, 2.75) is 0 Å². The van der Waals surface area contributed by atoms with E-state index in [9.17, 15) is 4.79 Å². The quantitative estimate of drug-likeness (QED) is 0.738. The van der Waals surface area contributed by atoms with Gasteiger partial charge in [-0.2, -0.15) is 9.97 Å². The molecule has 1 aliphatic heterocycles. The minimum absolute atomic E-state index is 0.187. The Bertz CT molecular complexity index is 689. The van der Waals surface area contributed by atoms with Gasteiger partial charge in [0.2, 0.25) is 5.95 Å². The Morgan fingerprint density at radius 2 is 2.00 bits per heavy atom. The molecule has 1 aromatic heterocycles. The first-order chi connectivity index (χ1) is 9.13. The number of amides is 1. The molecule has 2 aromatic rings. The minimum atomic E-state index is -0.187. The second kappa shape index (κ2) is 4.36. The summed E-state index contributed by atoms with van der Waals surface area (Å²) in [5, 5.41) is 3.09. The van der Waals surface area contributed by atoms with Crippen LogP contribution in [-0.2, 0) is 0 Å². The summed E-state index contributed by atoms with van der Waals surface area (Å²) >= 11 is 11.9. The molecule has 0 spiro atoms. The van der Waals surface area contributed by atoms with Gasteiger partial charge in [-0.25, -0.2) is 0 Å². The zero-order chi connectivity index (χ0) is 13.6. The Labute approximate surface area is 119 Å². The monoisotopic (exact) mass is 294 g/mol. The molecule has 1 N–H and O–H groups in total. The molecule has 0 aliphatic carbocycles. The number of nitrogens with one attached hydrogen (secondary N) is 1.